The number of carbonyl (C=O) groups excluding carboxylic acids is 1. The number of piperidine rings is 1. The van der Waals surface area contributed by atoms with Gasteiger partial charge in [0.15, 0.2) is 0 Å². The topological polar surface area (TPSA) is 72.9 Å². The van der Waals surface area contributed by atoms with E-state index in [1.807, 2.05) is 6.07 Å². The summed E-state index contributed by atoms with van der Waals surface area (Å²) < 4.78 is 25.6. The second-order valence-corrected chi connectivity index (χ2v) is 7.53. The van der Waals surface area contributed by atoms with Gasteiger partial charge in [0.2, 0.25) is 0 Å². The highest BCUT2D eigenvalue weighted by molar-refractivity contribution is 7.99. The van der Waals surface area contributed by atoms with Crippen molar-refractivity contribution in [3.8, 4) is 0 Å². The monoisotopic (exact) mass is 385 g/mol. The maximum absolute atomic E-state index is 12.8. The lowest BCUT2D eigenvalue weighted by Gasteiger charge is -2.32. The normalized spacial score (nSPS) is 18.0. The molecule has 1 fully saturated rings. The van der Waals surface area contributed by atoms with E-state index in [1.54, 1.807) is 33.7 Å². The molecule has 0 saturated carbocycles. The van der Waals surface area contributed by atoms with Crippen molar-refractivity contribution in [2.75, 3.05) is 42.1 Å². The number of urea groups is 1. The molecule has 6 nitrogen and oxygen atoms in total. The first-order valence-corrected chi connectivity index (χ1v) is 9.51. The molecular weight excluding hydrogens is 364 g/mol. The number of thioether (sulfide) groups is 1. The first-order valence-electron chi connectivity index (χ1n) is 8.52. The van der Waals surface area contributed by atoms with Crippen LogP contribution in [-0.2, 0) is 4.79 Å². The van der Waals surface area contributed by atoms with Gasteiger partial charge in [0, 0.05) is 36.0 Å². The summed E-state index contributed by atoms with van der Waals surface area (Å²) >= 11 is 1.61. The molecule has 9 heteroatoms. The Balaban J connectivity index is 1.65. The minimum atomic E-state index is -2.42. The van der Waals surface area contributed by atoms with E-state index in [2.05, 4.69) is 5.32 Å². The Morgan fingerprint density at radius 1 is 1.27 bits per heavy atom. The summed E-state index contributed by atoms with van der Waals surface area (Å²) in [5, 5.41) is 11.8. The predicted octanol–water partition coefficient (Wildman–Crippen LogP) is 3.19. The van der Waals surface area contributed by atoms with Crippen molar-refractivity contribution in [2.24, 2.45) is 5.92 Å². The Morgan fingerprint density at radius 3 is 2.65 bits per heavy atom. The Morgan fingerprint density at radius 2 is 2.00 bits per heavy atom. The fourth-order valence-corrected chi connectivity index (χ4v) is 4.27. The van der Waals surface area contributed by atoms with E-state index in [4.69, 9.17) is 5.11 Å². The zero-order chi connectivity index (χ0) is 18.7. The lowest BCUT2D eigenvalue weighted by molar-refractivity contribution is -0.143. The number of halogens is 2. The van der Waals surface area contributed by atoms with Crippen LogP contribution in [0.5, 0.6) is 0 Å². The Bertz CT molecular complexity index is 681. The van der Waals surface area contributed by atoms with Gasteiger partial charge < -0.3 is 20.2 Å². The lowest BCUT2D eigenvalue weighted by atomic mass is 9.97. The standard InChI is InChI=1S/C17H21F2N3O3S/c18-15(19)10-22-7-8-26-14-2-1-12(9-13(14)22)20-17(25)21-5-3-11(4-6-21)16(23)24/h1-2,9,11,15H,3-8,10H2,(H,20,25)(H,23,24). The van der Waals surface area contributed by atoms with Gasteiger partial charge in [-0.1, -0.05) is 0 Å². The summed E-state index contributed by atoms with van der Waals surface area (Å²) in [4.78, 5) is 27.5. The SMILES string of the molecule is O=C(O)C1CCN(C(=O)Nc2ccc3c(c2)N(CC(F)F)CCS3)CC1. The molecule has 2 heterocycles. The van der Waals surface area contributed by atoms with Gasteiger partial charge in [-0.3, -0.25) is 4.79 Å². The molecule has 0 aliphatic carbocycles. The van der Waals surface area contributed by atoms with E-state index < -0.39 is 18.3 Å². The zero-order valence-corrected chi connectivity index (χ0v) is 15.0. The third-order valence-electron chi connectivity index (χ3n) is 4.66. The smallest absolute Gasteiger partial charge is 0.321 e. The molecule has 2 aliphatic rings. The lowest BCUT2D eigenvalue weighted by Crippen LogP contribution is -2.42. The fraction of sp³-hybridized carbons (Fsp3) is 0.529. The molecule has 0 spiro atoms. The van der Waals surface area contributed by atoms with Crippen LogP contribution in [0.4, 0.5) is 25.0 Å². The maximum atomic E-state index is 12.8. The Kier molecular flexibility index (Phi) is 5.85. The number of carbonyl (C=O) groups is 2. The third kappa shape index (κ3) is 4.38. The molecule has 0 aromatic heterocycles. The number of hydrogen-bond acceptors (Lipinski definition) is 4. The highest BCUT2D eigenvalue weighted by Gasteiger charge is 2.27. The molecule has 2 amide bonds. The van der Waals surface area contributed by atoms with Crippen LogP contribution in [0.2, 0.25) is 0 Å². The van der Waals surface area contributed by atoms with Crippen LogP contribution in [0.3, 0.4) is 0 Å². The van der Waals surface area contributed by atoms with Crippen LogP contribution in [0.15, 0.2) is 23.1 Å². The summed E-state index contributed by atoms with van der Waals surface area (Å²) in [6.45, 7) is 0.998. The number of aliphatic carboxylic acids is 1. The third-order valence-corrected chi connectivity index (χ3v) is 5.70. The average Bonchev–Trinajstić information content (AvgIpc) is 2.62. The van der Waals surface area contributed by atoms with Crippen LogP contribution in [0.25, 0.3) is 0 Å². The molecule has 2 N–H and O–H groups in total. The number of carboxylic acid groups (broad SMARTS) is 1. The van der Waals surface area contributed by atoms with Crippen LogP contribution < -0.4 is 10.2 Å². The first-order chi connectivity index (χ1) is 12.4. The molecule has 0 atom stereocenters. The van der Waals surface area contributed by atoms with Crippen LogP contribution >= 0.6 is 11.8 Å². The van der Waals surface area contributed by atoms with Gasteiger partial charge in [-0.15, -0.1) is 11.8 Å². The van der Waals surface area contributed by atoms with Gasteiger partial charge >= 0.3 is 12.0 Å². The number of likely N-dealkylation sites (tertiary alicyclic amines) is 1. The van der Waals surface area contributed by atoms with Crippen LogP contribution in [0, 0.1) is 5.92 Å². The molecule has 142 valence electrons. The number of hydrogen-bond donors (Lipinski definition) is 2. The molecule has 0 bridgehead atoms. The molecule has 1 aromatic carbocycles. The summed E-state index contributed by atoms with van der Waals surface area (Å²) in [6.07, 6.45) is -1.54. The fourth-order valence-electron chi connectivity index (χ4n) is 3.24. The van der Waals surface area contributed by atoms with E-state index in [0.717, 1.165) is 10.6 Å². The van der Waals surface area contributed by atoms with Crippen molar-refractivity contribution in [1.82, 2.24) is 4.90 Å². The predicted molar refractivity (Wildman–Crippen MR) is 96.3 cm³/mol. The number of nitrogens with zero attached hydrogens (tertiary/aromatic N) is 2. The van der Waals surface area contributed by atoms with Crippen molar-refractivity contribution in [2.45, 2.75) is 24.2 Å². The molecule has 0 unspecified atom stereocenters. The minimum absolute atomic E-state index is 0.294. The summed E-state index contributed by atoms with van der Waals surface area (Å²) in [5.74, 6) is -0.469. The summed E-state index contributed by atoms with van der Waals surface area (Å²) in [6, 6.07) is 5.03. The van der Waals surface area contributed by atoms with Crippen molar-refractivity contribution in [3.05, 3.63) is 18.2 Å². The van der Waals surface area contributed by atoms with Crippen molar-refractivity contribution in [1.29, 1.82) is 0 Å². The molecule has 3 rings (SSSR count). The second kappa shape index (κ2) is 8.11. The zero-order valence-electron chi connectivity index (χ0n) is 14.2. The van der Waals surface area contributed by atoms with E-state index in [-0.39, 0.29) is 12.6 Å². The second-order valence-electron chi connectivity index (χ2n) is 6.40. The summed E-state index contributed by atoms with van der Waals surface area (Å²) in [7, 11) is 0. The first kappa shape index (κ1) is 18.8. The van der Waals surface area contributed by atoms with Crippen molar-refractivity contribution >= 4 is 35.1 Å². The van der Waals surface area contributed by atoms with Gasteiger partial charge in [0.25, 0.3) is 6.43 Å². The van der Waals surface area contributed by atoms with Crippen LogP contribution in [-0.4, -0.2) is 60.4 Å². The number of nitrogens with one attached hydrogen (secondary N) is 1. The van der Waals surface area contributed by atoms with Crippen molar-refractivity contribution in [3.63, 3.8) is 0 Å². The van der Waals surface area contributed by atoms with Crippen LogP contribution in [0.1, 0.15) is 12.8 Å². The van der Waals surface area contributed by atoms with E-state index in [9.17, 15) is 18.4 Å². The summed E-state index contributed by atoms with van der Waals surface area (Å²) in [5.41, 5.74) is 1.26. The number of rotatable bonds is 4. The molecular formula is C17H21F2N3O3S. The molecule has 0 radical (unpaired) electrons. The van der Waals surface area contributed by atoms with E-state index in [1.165, 1.54) is 0 Å². The number of fused-ring (bicyclic) bond motifs is 1. The molecule has 26 heavy (non-hydrogen) atoms. The average molecular weight is 385 g/mol. The minimum Gasteiger partial charge on any atom is -0.481 e. The number of anilines is 2. The van der Waals surface area contributed by atoms with Gasteiger partial charge in [-0.2, -0.15) is 0 Å². The Labute approximate surface area is 154 Å². The van der Waals surface area contributed by atoms with Gasteiger partial charge in [0.05, 0.1) is 18.2 Å². The number of carboxylic acids is 1. The highest BCUT2D eigenvalue weighted by atomic mass is 32.2. The largest absolute Gasteiger partial charge is 0.481 e. The van der Waals surface area contributed by atoms with Gasteiger partial charge in [-0.05, 0) is 31.0 Å². The molecule has 1 aromatic rings. The van der Waals surface area contributed by atoms with E-state index >= 15 is 0 Å². The van der Waals surface area contributed by atoms with Gasteiger partial charge in [0.1, 0.15) is 0 Å². The molecule has 2 aliphatic heterocycles. The van der Waals surface area contributed by atoms with Crippen molar-refractivity contribution < 1.29 is 23.5 Å². The number of amides is 2. The quantitative estimate of drug-likeness (QED) is 0.833. The number of benzene rings is 1. The molecule has 1 saturated heterocycles. The van der Waals surface area contributed by atoms with Gasteiger partial charge in [-0.25, -0.2) is 13.6 Å². The highest BCUT2D eigenvalue weighted by Crippen LogP contribution is 2.37. The Hall–Kier alpha value is -2.03. The maximum Gasteiger partial charge on any atom is 0.321 e. The number of alkyl halides is 2. The van der Waals surface area contributed by atoms with E-state index in [0.29, 0.717) is 43.9 Å².